The lowest BCUT2D eigenvalue weighted by atomic mass is 9.85. The molecule has 238 valence electrons. The summed E-state index contributed by atoms with van der Waals surface area (Å²) in [6, 6.07) is 2.09. The zero-order valence-electron chi connectivity index (χ0n) is 25.8. The van der Waals surface area contributed by atoms with Crippen LogP contribution >= 0.6 is 0 Å². The molecule has 3 heterocycles. The highest BCUT2D eigenvalue weighted by atomic mass is 19.3. The number of hydrogen-bond acceptors (Lipinski definition) is 5. The van der Waals surface area contributed by atoms with Crippen molar-refractivity contribution in [2.45, 2.75) is 122 Å². The number of rotatable bonds is 2. The molecule has 1 fully saturated rings. The van der Waals surface area contributed by atoms with E-state index >= 15 is 13.2 Å². The Hall–Kier alpha value is -2.27. The van der Waals surface area contributed by atoms with Crippen LogP contribution in [0.4, 0.5) is 22.0 Å². The zero-order chi connectivity index (χ0) is 31.3. The van der Waals surface area contributed by atoms with Crippen LogP contribution in [0.5, 0.6) is 0 Å². The Bertz CT molecular complexity index is 1090. The fourth-order valence-corrected chi connectivity index (χ4v) is 6.10. The first-order valence-corrected chi connectivity index (χ1v) is 15.2. The van der Waals surface area contributed by atoms with E-state index in [2.05, 4.69) is 25.8 Å². The van der Waals surface area contributed by atoms with Gasteiger partial charge in [-0.3, -0.25) is 15.1 Å². The molecule has 3 aliphatic rings. The van der Waals surface area contributed by atoms with E-state index in [0.717, 1.165) is 6.42 Å². The number of carbonyl (C=O) groups excluding carboxylic acids is 1. The number of nitrogens with zero attached hydrogens (tertiary/aromatic N) is 2. The summed E-state index contributed by atoms with van der Waals surface area (Å²) in [4.78, 5) is 19.8. The Morgan fingerprint density at radius 3 is 2.31 bits per heavy atom. The van der Waals surface area contributed by atoms with Gasteiger partial charge in [-0.2, -0.15) is 0 Å². The maximum Gasteiger partial charge on any atom is 0.278 e. The fraction of sp³-hybridized carbons (Fsp3) is 0.742. The summed E-state index contributed by atoms with van der Waals surface area (Å²) in [5.74, 6) is -5.30. The van der Waals surface area contributed by atoms with Crippen molar-refractivity contribution in [3.05, 3.63) is 35.1 Å². The molecule has 3 aliphatic heterocycles. The third kappa shape index (κ3) is 8.65. The van der Waals surface area contributed by atoms with Crippen LogP contribution < -0.4 is 16.0 Å². The number of amides is 1. The molecular weight excluding hydrogens is 553 g/mol. The molecule has 1 saturated heterocycles. The van der Waals surface area contributed by atoms with E-state index in [1.54, 1.807) is 34.6 Å². The van der Waals surface area contributed by atoms with Crippen LogP contribution in [0.1, 0.15) is 104 Å². The number of fused-ring (bicyclic) bond motifs is 15. The number of carbonyl (C=O) groups is 1. The van der Waals surface area contributed by atoms with Crippen molar-refractivity contribution in [2.24, 2.45) is 10.9 Å². The number of amidine groups is 1. The molecule has 0 saturated carbocycles. The van der Waals surface area contributed by atoms with E-state index < -0.39 is 58.8 Å². The van der Waals surface area contributed by atoms with Gasteiger partial charge in [0.05, 0.1) is 34.7 Å². The van der Waals surface area contributed by atoms with Gasteiger partial charge in [0.2, 0.25) is 5.91 Å². The number of aliphatic imine (C=N–C) groups is 1. The van der Waals surface area contributed by atoms with E-state index in [0.29, 0.717) is 44.7 Å². The second-order valence-corrected chi connectivity index (χ2v) is 12.8. The Kier molecular flexibility index (Phi) is 11.4. The highest BCUT2D eigenvalue weighted by molar-refractivity contribution is 5.86. The molecule has 0 spiro atoms. The standard InChI is InChI=1S/C31H48F5N5O/c1-7-25-37-20(2)22-12-11-13-23(26(22)32)31(35,36)21-15-18-41(19-16-21)17-10-8-9-14-24(27(33)34)38-28(42)29(3,4)40-30(5,6)39-25/h11-13,20-21,24,27,40H,7-10,14-19H2,1-6H3,(H,37,39)(H,38,42)/t20-,24?/m1/s1. The Morgan fingerprint density at radius 2 is 1.69 bits per heavy atom. The Balaban J connectivity index is 1.93. The average Bonchev–Trinajstić information content (AvgIpc) is 2.90. The van der Waals surface area contributed by atoms with Crippen LogP contribution in [0.2, 0.25) is 0 Å². The van der Waals surface area contributed by atoms with E-state index in [-0.39, 0.29) is 24.8 Å². The maximum absolute atomic E-state index is 15.7. The van der Waals surface area contributed by atoms with Gasteiger partial charge in [0, 0.05) is 17.9 Å². The molecule has 3 N–H and O–H groups in total. The highest BCUT2D eigenvalue weighted by Gasteiger charge is 2.45. The molecule has 0 aliphatic carbocycles. The summed E-state index contributed by atoms with van der Waals surface area (Å²) in [6.45, 7) is 11.9. The molecule has 4 rings (SSSR count). The van der Waals surface area contributed by atoms with Gasteiger partial charge in [0.25, 0.3) is 12.3 Å². The van der Waals surface area contributed by atoms with Crippen molar-refractivity contribution >= 4 is 11.7 Å². The average molecular weight is 602 g/mol. The van der Waals surface area contributed by atoms with E-state index in [9.17, 15) is 13.6 Å². The van der Waals surface area contributed by atoms with Crippen LogP contribution in [0.25, 0.3) is 0 Å². The van der Waals surface area contributed by atoms with Gasteiger partial charge in [-0.1, -0.05) is 38.0 Å². The van der Waals surface area contributed by atoms with Crippen LogP contribution in [0.15, 0.2) is 23.2 Å². The van der Waals surface area contributed by atoms with Gasteiger partial charge in [-0.25, -0.2) is 22.0 Å². The van der Waals surface area contributed by atoms with Crippen molar-refractivity contribution in [1.82, 2.24) is 20.9 Å². The molecule has 11 heteroatoms. The second-order valence-electron chi connectivity index (χ2n) is 12.8. The molecule has 1 aromatic rings. The first-order valence-electron chi connectivity index (χ1n) is 15.2. The van der Waals surface area contributed by atoms with Crippen LogP contribution in [0.3, 0.4) is 0 Å². The third-order valence-corrected chi connectivity index (χ3v) is 8.38. The monoisotopic (exact) mass is 601 g/mol. The largest absolute Gasteiger partial charge is 0.356 e. The van der Waals surface area contributed by atoms with Gasteiger partial charge in [-0.05, 0) is 79.9 Å². The van der Waals surface area contributed by atoms with Gasteiger partial charge in [0.1, 0.15) is 5.82 Å². The number of benzene rings is 1. The minimum Gasteiger partial charge on any atom is -0.356 e. The number of hydrogen-bond donors (Lipinski definition) is 3. The van der Waals surface area contributed by atoms with E-state index in [1.807, 2.05) is 6.92 Å². The van der Waals surface area contributed by atoms with Crippen LogP contribution in [-0.2, 0) is 10.7 Å². The van der Waals surface area contributed by atoms with Gasteiger partial charge >= 0.3 is 0 Å². The molecule has 0 radical (unpaired) electrons. The predicted octanol–water partition coefficient (Wildman–Crippen LogP) is 6.52. The molecule has 0 aromatic heterocycles. The van der Waals surface area contributed by atoms with Crippen LogP contribution in [0, 0.1) is 11.7 Å². The normalized spacial score (nSPS) is 29.3. The third-order valence-electron chi connectivity index (χ3n) is 8.38. The molecule has 42 heavy (non-hydrogen) atoms. The Labute approximate surface area is 247 Å². The lowest BCUT2D eigenvalue weighted by Gasteiger charge is -2.38. The summed E-state index contributed by atoms with van der Waals surface area (Å²) in [7, 11) is 0. The first-order chi connectivity index (χ1) is 19.6. The van der Waals surface area contributed by atoms with Crippen molar-refractivity contribution in [1.29, 1.82) is 0 Å². The van der Waals surface area contributed by atoms with E-state index in [4.69, 9.17) is 0 Å². The number of nitrogens with one attached hydrogen (secondary N) is 3. The van der Waals surface area contributed by atoms with E-state index in [1.165, 1.54) is 18.2 Å². The summed E-state index contributed by atoms with van der Waals surface area (Å²) in [5.41, 5.74) is -2.65. The van der Waals surface area contributed by atoms with Gasteiger partial charge in [0.15, 0.2) is 0 Å². The molecule has 1 amide bonds. The lowest BCUT2D eigenvalue weighted by molar-refractivity contribution is -0.129. The number of piperidine rings is 1. The quantitative estimate of drug-likeness (QED) is 0.338. The van der Waals surface area contributed by atoms with Crippen molar-refractivity contribution in [2.75, 3.05) is 19.6 Å². The molecule has 1 unspecified atom stereocenters. The van der Waals surface area contributed by atoms with Crippen molar-refractivity contribution in [3.63, 3.8) is 0 Å². The van der Waals surface area contributed by atoms with Crippen molar-refractivity contribution in [3.8, 4) is 0 Å². The lowest BCUT2D eigenvalue weighted by Crippen LogP contribution is -2.66. The molecular formula is C31H48F5N5O. The van der Waals surface area contributed by atoms with Crippen molar-refractivity contribution < 1.29 is 26.7 Å². The zero-order valence-corrected chi connectivity index (χ0v) is 25.8. The summed E-state index contributed by atoms with van der Waals surface area (Å²) < 4.78 is 74.8. The fourth-order valence-electron chi connectivity index (χ4n) is 6.10. The smallest absolute Gasteiger partial charge is 0.278 e. The molecule has 1 aromatic carbocycles. The number of alkyl halides is 4. The first kappa shape index (κ1) is 34.2. The SMILES string of the molecule is CCC1=N[C@H](C)c2cccc(c2F)C(F)(F)C2CCN(CCCCCC(C(F)F)NC(=O)C(C)(C)NC(C)(C)N1)CC2. The predicted molar refractivity (Wildman–Crippen MR) is 156 cm³/mol. The maximum atomic E-state index is 15.7. The van der Waals surface area contributed by atoms with Gasteiger partial charge < -0.3 is 15.5 Å². The molecule has 2 atom stereocenters. The molecule has 4 bridgehead atoms. The highest BCUT2D eigenvalue weighted by Crippen LogP contribution is 2.43. The minimum atomic E-state index is -3.32. The second kappa shape index (κ2) is 14.0. The Morgan fingerprint density at radius 1 is 1.02 bits per heavy atom. The van der Waals surface area contributed by atoms with Crippen LogP contribution in [-0.4, -0.2) is 59.9 Å². The topological polar surface area (TPSA) is 68.8 Å². The van der Waals surface area contributed by atoms with Gasteiger partial charge in [-0.15, -0.1) is 0 Å². The summed E-state index contributed by atoms with van der Waals surface area (Å²) in [6.07, 6.45) is 0.279. The summed E-state index contributed by atoms with van der Waals surface area (Å²) >= 11 is 0. The molecule has 6 nitrogen and oxygen atoms in total. The number of halogens is 5. The summed E-state index contributed by atoms with van der Waals surface area (Å²) in [5, 5.41) is 8.94. The minimum absolute atomic E-state index is 0.0827.